The molecule has 0 aliphatic carbocycles. The van der Waals surface area contributed by atoms with Crippen LogP contribution in [0.1, 0.15) is 5.82 Å². The van der Waals surface area contributed by atoms with Gasteiger partial charge in [0.25, 0.3) is 5.91 Å². The summed E-state index contributed by atoms with van der Waals surface area (Å²) < 4.78 is 37.6. The average molecular weight is 310 g/mol. The van der Waals surface area contributed by atoms with Gasteiger partial charge in [-0.3, -0.25) is 10.2 Å². The fraction of sp³-hybridized carbons (Fsp3) is 0.167. The zero-order chi connectivity index (χ0) is 16.3. The summed E-state index contributed by atoms with van der Waals surface area (Å²) in [6.45, 7) is 0. The molecule has 1 aromatic heterocycles. The van der Waals surface area contributed by atoms with Crippen LogP contribution < -0.4 is 10.7 Å². The van der Waals surface area contributed by atoms with Gasteiger partial charge in [0.15, 0.2) is 0 Å². The minimum Gasteiger partial charge on any atom is -0.353 e. The van der Waals surface area contributed by atoms with E-state index in [1.54, 1.807) is 6.07 Å². The first-order valence-corrected chi connectivity index (χ1v) is 5.88. The van der Waals surface area contributed by atoms with Crippen molar-refractivity contribution in [3.63, 3.8) is 0 Å². The molecule has 3 N–H and O–H groups in total. The van der Waals surface area contributed by atoms with Crippen LogP contribution in [-0.2, 0) is 11.0 Å². The summed E-state index contributed by atoms with van der Waals surface area (Å²) >= 11 is 0. The van der Waals surface area contributed by atoms with Gasteiger partial charge in [0, 0.05) is 7.05 Å². The average Bonchev–Trinajstić information content (AvgIpc) is 2.90. The first-order chi connectivity index (χ1) is 10.3. The van der Waals surface area contributed by atoms with Gasteiger partial charge in [-0.1, -0.05) is 0 Å². The monoisotopic (exact) mass is 310 g/mol. The maximum atomic E-state index is 12.5. The molecule has 0 unspecified atom stereocenters. The quantitative estimate of drug-likeness (QED) is 0.591. The fourth-order valence-electron chi connectivity index (χ4n) is 1.58. The second-order valence-electron chi connectivity index (χ2n) is 4.08. The number of fused-ring (bicyclic) bond motifs is 1. The Bertz CT molecular complexity index is 786. The van der Waals surface area contributed by atoms with Crippen LogP contribution >= 0.6 is 0 Å². The lowest BCUT2D eigenvalue weighted by Gasteiger charge is -2.01. The lowest BCUT2D eigenvalue weighted by atomic mass is 10.3. The Morgan fingerprint density at radius 3 is 2.77 bits per heavy atom. The number of alkyl halides is 3. The van der Waals surface area contributed by atoms with Crippen LogP contribution in [0.2, 0.25) is 0 Å². The van der Waals surface area contributed by atoms with E-state index in [-0.39, 0.29) is 11.0 Å². The second-order valence-corrected chi connectivity index (χ2v) is 4.08. The van der Waals surface area contributed by atoms with Crippen LogP contribution in [0.3, 0.4) is 0 Å². The Kier molecular flexibility index (Phi) is 3.98. The van der Waals surface area contributed by atoms with Crippen LogP contribution in [0.5, 0.6) is 0 Å². The van der Waals surface area contributed by atoms with Crippen LogP contribution in [-0.4, -0.2) is 28.6 Å². The van der Waals surface area contributed by atoms with E-state index >= 15 is 0 Å². The van der Waals surface area contributed by atoms with Gasteiger partial charge in [-0.2, -0.15) is 23.5 Å². The molecule has 0 bridgehead atoms. The maximum Gasteiger partial charge on any atom is 0.449 e. The number of aromatic amines is 1. The van der Waals surface area contributed by atoms with E-state index in [9.17, 15) is 18.0 Å². The lowest BCUT2D eigenvalue weighted by Crippen LogP contribution is -2.27. The number of nitrogens with zero attached hydrogens (tertiary/aromatic N) is 3. The zero-order valence-corrected chi connectivity index (χ0v) is 11.1. The number of amides is 1. The second kappa shape index (κ2) is 5.72. The van der Waals surface area contributed by atoms with Crippen LogP contribution in [0.15, 0.2) is 23.3 Å². The third-order valence-corrected chi connectivity index (χ3v) is 2.60. The van der Waals surface area contributed by atoms with Crippen molar-refractivity contribution in [1.82, 2.24) is 15.3 Å². The van der Waals surface area contributed by atoms with Crippen molar-refractivity contribution in [2.45, 2.75) is 6.18 Å². The molecular formula is C12H9F3N6O. The number of nitriles is 1. The maximum absolute atomic E-state index is 12.5. The van der Waals surface area contributed by atoms with E-state index in [1.165, 1.54) is 25.2 Å². The first-order valence-electron chi connectivity index (χ1n) is 5.88. The summed E-state index contributed by atoms with van der Waals surface area (Å²) in [7, 11) is 1.34. The van der Waals surface area contributed by atoms with Gasteiger partial charge in [0.2, 0.25) is 11.5 Å². The Balaban J connectivity index is 2.29. The largest absolute Gasteiger partial charge is 0.449 e. The first kappa shape index (κ1) is 15.3. The predicted octanol–water partition coefficient (Wildman–Crippen LogP) is 1.62. The molecule has 1 amide bonds. The van der Waals surface area contributed by atoms with Gasteiger partial charge in [0.1, 0.15) is 6.07 Å². The molecule has 0 radical (unpaired) electrons. The number of rotatable bonds is 3. The third-order valence-electron chi connectivity index (χ3n) is 2.60. The van der Waals surface area contributed by atoms with Crippen molar-refractivity contribution in [3.8, 4) is 6.07 Å². The molecule has 0 spiro atoms. The number of imidazole rings is 1. The highest BCUT2D eigenvalue weighted by Gasteiger charge is 2.34. The number of anilines is 1. The summed E-state index contributed by atoms with van der Waals surface area (Å²) in [4.78, 5) is 16.8. The van der Waals surface area contributed by atoms with Crippen molar-refractivity contribution in [3.05, 3.63) is 24.0 Å². The molecule has 1 aromatic carbocycles. The number of nitrogens with one attached hydrogen (secondary N) is 3. The van der Waals surface area contributed by atoms with Crippen molar-refractivity contribution in [2.24, 2.45) is 5.10 Å². The van der Waals surface area contributed by atoms with Crippen molar-refractivity contribution < 1.29 is 18.0 Å². The van der Waals surface area contributed by atoms with Gasteiger partial charge in [-0.05, 0) is 18.2 Å². The highest BCUT2D eigenvalue weighted by atomic mass is 19.4. The van der Waals surface area contributed by atoms with E-state index < -0.39 is 23.6 Å². The molecule has 0 atom stereocenters. The van der Waals surface area contributed by atoms with Gasteiger partial charge in [-0.15, -0.1) is 0 Å². The number of halogens is 3. The Morgan fingerprint density at radius 2 is 2.18 bits per heavy atom. The standard InChI is InChI=1S/C12H9F3N6O/c1-17-10(22)9(5-16)21-20-6-2-3-7-8(4-6)19-11(18-7)12(13,14)15/h2-4,20H,1H3,(H,17,22)(H,18,19)/b21-9+. The van der Waals surface area contributed by atoms with Gasteiger partial charge in [0.05, 0.1) is 16.7 Å². The topological polar surface area (TPSA) is 106 Å². The molecule has 2 aromatic rings. The zero-order valence-electron chi connectivity index (χ0n) is 11.1. The molecule has 0 saturated heterocycles. The van der Waals surface area contributed by atoms with E-state index in [0.29, 0.717) is 5.69 Å². The summed E-state index contributed by atoms with van der Waals surface area (Å²) in [6, 6.07) is 5.70. The minimum absolute atomic E-state index is 0.133. The molecular weight excluding hydrogens is 301 g/mol. The normalized spacial score (nSPS) is 12.0. The molecule has 7 nitrogen and oxygen atoms in total. The van der Waals surface area contributed by atoms with Crippen molar-refractivity contribution >= 4 is 28.3 Å². The molecule has 22 heavy (non-hydrogen) atoms. The van der Waals surface area contributed by atoms with Gasteiger partial charge < -0.3 is 10.3 Å². The van der Waals surface area contributed by atoms with Crippen LogP contribution in [0.25, 0.3) is 11.0 Å². The number of H-pyrrole nitrogens is 1. The molecule has 2 rings (SSSR count). The highest BCUT2D eigenvalue weighted by Crippen LogP contribution is 2.29. The molecule has 114 valence electrons. The Hall–Kier alpha value is -3.09. The molecule has 0 aliphatic heterocycles. The molecule has 0 fully saturated rings. The molecule has 1 heterocycles. The predicted molar refractivity (Wildman–Crippen MR) is 71.8 cm³/mol. The summed E-state index contributed by atoms with van der Waals surface area (Å²) in [5.74, 6) is -1.79. The number of aromatic nitrogens is 2. The van der Waals surface area contributed by atoms with Crippen LogP contribution in [0, 0.1) is 11.3 Å². The number of hydrogen-bond donors (Lipinski definition) is 3. The SMILES string of the molecule is CNC(=O)/C(C#N)=N/Nc1ccc2nc(C(F)(F)F)[nH]c2c1. The smallest absolute Gasteiger partial charge is 0.353 e. The Labute approximate surface area is 121 Å². The number of benzene rings is 1. The van der Waals surface area contributed by atoms with E-state index in [0.717, 1.165) is 0 Å². The lowest BCUT2D eigenvalue weighted by molar-refractivity contribution is -0.144. The minimum atomic E-state index is -4.57. The number of hydrazone groups is 1. The summed E-state index contributed by atoms with van der Waals surface area (Å²) in [5.41, 5.74) is 2.58. The van der Waals surface area contributed by atoms with Gasteiger partial charge in [-0.25, -0.2) is 4.98 Å². The van der Waals surface area contributed by atoms with Crippen LogP contribution in [0.4, 0.5) is 18.9 Å². The summed E-state index contributed by atoms with van der Waals surface area (Å²) in [5, 5.41) is 14.6. The van der Waals surface area contributed by atoms with Gasteiger partial charge >= 0.3 is 6.18 Å². The number of hydrogen-bond acceptors (Lipinski definition) is 5. The number of carbonyl (C=O) groups is 1. The van der Waals surface area contributed by atoms with Crippen molar-refractivity contribution in [1.29, 1.82) is 5.26 Å². The van der Waals surface area contributed by atoms with Crippen molar-refractivity contribution in [2.75, 3.05) is 12.5 Å². The molecule has 0 saturated carbocycles. The fourth-order valence-corrected chi connectivity index (χ4v) is 1.58. The summed E-state index contributed by atoms with van der Waals surface area (Å²) in [6.07, 6.45) is -4.57. The molecule has 0 aliphatic rings. The van der Waals surface area contributed by atoms with E-state index in [4.69, 9.17) is 5.26 Å². The highest BCUT2D eigenvalue weighted by molar-refractivity contribution is 6.45. The third kappa shape index (κ3) is 3.14. The molecule has 10 heteroatoms. The van der Waals surface area contributed by atoms with E-state index in [2.05, 4.69) is 25.8 Å². The Morgan fingerprint density at radius 1 is 1.45 bits per heavy atom. The number of carbonyl (C=O) groups excluding carboxylic acids is 1. The van der Waals surface area contributed by atoms with E-state index in [1.807, 2.05) is 0 Å².